The highest BCUT2D eigenvalue weighted by molar-refractivity contribution is 7.21. The number of anilines is 1. The predicted molar refractivity (Wildman–Crippen MR) is 117 cm³/mol. The third-order valence-electron chi connectivity index (χ3n) is 4.92. The Bertz CT molecular complexity index is 1340. The molecule has 0 aliphatic heterocycles. The molecule has 3 aromatic heterocycles. The molecule has 0 unspecified atom stereocenters. The van der Waals surface area contributed by atoms with Crippen molar-refractivity contribution in [2.75, 3.05) is 12.4 Å². The second-order valence-corrected chi connectivity index (χ2v) is 7.87. The smallest absolute Gasteiger partial charge is 0.156 e. The average molecular weight is 419 g/mol. The van der Waals surface area contributed by atoms with E-state index >= 15 is 0 Å². The minimum Gasteiger partial charge on any atom is -0.497 e. The molecule has 5 rings (SSSR count). The molecule has 0 radical (unpaired) electrons. The van der Waals surface area contributed by atoms with Gasteiger partial charge in [-0.3, -0.25) is 0 Å². The number of pyridine rings is 1. The maximum absolute atomic E-state index is 13.3. The number of thiazole rings is 1. The number of methoxy groups -OCH3 is 1. The lowest BCUT2D eigenvalue weighted by Crippen LogP contribution is -2.02. The van der Waals surface area contributed by atoms with Crippen molar-refractivity contribution in [1.29, 1.82) is 0 Å². The van der Waals surface area contributed by atoms with Gasteiger partial charge in [0.1, 0.15) is 38.0 Å². The van der Waals surface area contributed by atoms with Crippen LogP contribution in [0.2, 0.25) is 0 Å². The van der Waals surface area contributed by atoms with Crippen molar-refractivity contribution < 1.29 is 9.13 Å². The standard InChI is InChI=1S/C22H18FN5OS/c1-28-12-25-17-19(28)18-22(30-21(26-18)14-5-7-15(23)8-6-14)27-20(17)24-11-13-3-9-16(29-2)10-4-13/h3-10,12H,11H2,1-2H3,(H,24,27). The molecule has 0 fully saturated rings. The van der Waals surface area contributed by atoms with Crippen molar-refractivity contribution in [2.24, 2.45) is 7.05 Å². The van der Waals surface area contributed by atoms with E-state index in [4.69, 9.17) is 14.7 Å². The number of aromatic nitrogens is 4. The molecule has 0 aliphatic rings. The Labute approximate surface area is 176 Å². The van der Waals surface area contributed by atoms with E-state index in [1.165, 1.54) is 23.5 Å². The molecule has 150 valence electrons. The molecular weight excluding hydrogens is 401 g/mol. The zero-order chi connectivity index (χ0) is 20.7. The third-order valence-corrected chi connectivity index (χ3v) is 5.92. The quantitative estimate of drug-likeness (QED) is 0.434. The summed E-state index contributed by atoms with van der Waals surface area (Å²) in [5.74, 6) is 1.27. The van der Waals surface area contributed by atoms with Gasteiger partial charge >= 0.3 is 0 Å². The second-order valence-electron chi connectivity index (χ2n) is 6.89. The summed E-state index contributed by atoms with van der Waals surface area (Å²) in [4.78, 5) is 14.9. The van der Waals surface area contributed by atoms with Crippen LogP contribution in [0.3, 0.4) is 0 Å². The molecule has 0 bridgehead atoms. The number of rotatable bonds is 5. The summed E-state index contributed by atoms with van der Waals surface area (Å²) < 4.78 is 20.5. The van der Waals surface area contributed by atoms with Crippen LogP contribution in [0.1, 0.15) is 5.56 Å². The summed E-state index contributed by atoms with van der Waals surface area (Å²) in [5.41, 5.74) is 4.46. The van der Waals surface area contributed by atoms with Gasteiger partial charge in [-0.2, -0.15) is 0 Å². The fourth-order valence-corrected chi connectivity index (χ4v) is 4.30. The summed E-state index contributed by atoms with van der Waals surface area (Å²) in [7, 11) is 3.60. The van der Waals surface area contributed by atoms with E-state index in [2.05, 4.69) is 10.3 Å². The fraction of sp³-hybridized carbons (Fsp3) is 0.136. The summed E-state index contributed by atoms with van der Waals surface area (Å²) >= 11 is 1.48. The molecular formula is C22H18FN5OS. The van der Waals surface area contributed by atoms with Gasteiger partial charge in [0.15, 0.2) is 5.82 Å². The van der Waals surface area contributed by atoms with E-state index in [1.54, 1.807) is 25.6 Å². The maximum atomic E-state index is 13.3. The van der Waals surface area contributed by atoms with Crippen LogP contribution >= 0.6 is 11.3 Å². The van der Waals surface area contributed by atoms with Gasteiger partial charge in [0.05, 0.1) is 13.4 Å². The van der Waals surface area contributed by atoms with Crippen molar-refractivity contribution >= 4 is 38.5 Å². The first-order chi connectivity index (χ1) is 14.6. The van der Waals surface area contributed by atoms with Crippen molar-refractivity contribution in [1.82, 2.24) is 19.5 Å². The number of imidazole rings is 1. The van der Waals surface area contributed by atoms with Crippen LogP contribution in [0.4, 0.5) is 10.2 Å². The van der Waals surface area contributed by atoms with Crippen LogP contribution in [0.5, 0.6) is 5.75 Å². The van der Waals surface area contributed by atoms with Gasteiger partial charge < -0.3 is 14.6 Å². The van der Waals surface area contributed by atoms with E-state index < -0.39 is 0 Å². The highest BCUT2D eigenvalue weighted by Gasteiger charge is 2.17. The molecule has 0 saturated carbocycles. The monoisotopic (exact) mass is 419 g/mol. The number of fused-ring (bicyclic) bond motifs is 3. The van der Waals surface area contributed by atoms with Gasteiger partial charge in [0.25, 0.3) is 0 Å². The van der Waals surface area contributed by atoms with Crippen molar-refractivity contribution in [2.45, 2.75) is 6.54 Å². The summed E-state index contributed by atoms with van der Waals surface area (Å²) in [6.07, 6.45) is 1.77. The van der Waals surface area contributed by atoms with E-state index in [9.17, 15) is 4.39 Å². The van der Waals surface area contributed by atoms with Gasteiger partial charge in [-0.1, -0.05) is 23.5 Å². The van der Waals surface area contributed by atoms with Crippen LogP contribution in [0, 0.1) is 5.82 Å². The number of ether oxygens (including phenoxy) is 1. The number of nitrogens with one attached hydrogen (secondary N) is 1. The molecule has 0 atom stereocenters. The molecule has 1 N–H and O–H groups in total. The van der Waals surface area contributed by atoms with E-state index in [-0.39, 0.29) is 5.82 Å². The first-order valence-corrected chi connectivity index (χ1v) is 10.2. The number of hydrogen-bond donors (Lipinski definition) is 1. The third kappa shape index (κ3) is 3.25. The Morgan fingerprint density at radius 2 is 1.80 bits per heavy atom. The molecule has 0 aliphatic carbocycles. The number of hydrogen-bond acceptors (Lipinski definition) is 6. The lowest BCUT2D eigenvalue weighted by atomic mass is 10.2. The van der Waals surface area contributed by atoms with Crippen LogP contribution in [0.25, 0.3) is 32.0 Å². The molecule has 6 nitrogen and oxygen atoms in total. The van der Waals surface area contributed by atoms with Crippen molar-refractivity contribution in [3.05, 3.63) is 66.2 Å². The Balaban J connectivity index is 1.55. The molecule has 0 spiro atoms. The summed E-state index contributed by atoms with van der Waals surface area (Å²) in [6, 6.07) is 14.2. The highest BCUT2D eigenvalue weighted by Crippen LogP contribution is 2.35. The lowest BCUT2D eigenvalue weighted by molar-refractivity contribution is 0.414. The Morgan fingerprint density at radius 3 is 2.53 bits per heavy atom. The predicted octanol–water partition coefficient (Wildman–Crippen LogP) is 5.00. The maximum Gasteiger partial charge on any atom is 0.156 e. The van der Waals surface area contributed by atoms with Crippen LogP contribution in [-0.2, 0) is 13.6 Å². The van der Waals surface area contributed by atoms with Crippen LogP contribution in [-0.4, -0.2) is 26.6 Å². The molecule has 8 heteroatoms. The normalized spacial score (nSPS) is 11.3. The molecule has 30 heavy (non-hydrogen) atoms. The van der Waals surface area contributed by atoms with E-state index in [1.807, 2.05) is 35.9 Å². The zero-order valence-corrected chi connectivity index (χ0v) is 17.2. The number of halogens is 1. The Hall–Kier alpha value is -3.52. The number of nitrogens with zero attached hydrogens (tertiary/aromatic N) is 4. The topological polar surface area (TPSA) is 64.9 Å². The average Bonchev–Trinajstić information content (AvgIpc) is 3.36. The van der Waals surface area contributed by atoms with Gasteiger partial charge in [-0.15, -0.1) is 0 Å². The number of aryl methyl sites for hydroxylation is 1. The molecule has 3 heterocycles. The van der Waals surface area contributed by atoms with Gasteiger partial charge in [0, 0.05) is 19.2 Å². The minimum atomic E-state index is -0.267. The highest BCUT2D eigenvalue weighted by atomic mass is 32.1. The van der Waals surface area contributed by atoms with Crippen LogP contribution < -0.4 is 10.1 Å². The Morgan fingerprint density at radius 1 is 1.03 bits per heavy atom. The minimum absolute atomic E-state index is 0.267. The molecule has 5 aromatic rings. The van der Waals surface area contributed by atoms with E-state index in [0.29, 0.717) is 12.4 Å². The SMILES string of the molecule is COc1ccc(CNc2nc3sc(-c4ccc(F)cc4)nc3c3c2ncn3C)cc1. The summed E-state index contributed by atoms with van der Waals surface area (Å²) in [6.45, 7) is 0.609. The first-order valence-electron chi connectivity index (χ1n) is 9.36. The molecule has 2 aromatic carbocycles. The number of benzene rings is 2. The van der Waals surface area contributed by atoms with Gasteiger partial charge in [-0.25, -0.2) is 19.3 Å². The van der Waals surface area contributed by atoms with Gasteiger partial charge in [0.2, 0.25) is 0 Å². The first kappa shape index (κ1) is 18.5. The van der Waals surface area contributed by atoms with Gasteiger partial charge in [-0.05, 0) is 42.0 Å². The summed E-state index contributed by atoms with van der Waals surface area (Å²) in [5, 5.41) is 4.20. The van der Waals surface area contributed by atoms with Crippen molar-refractivity contribution in [3.63, 3.8) is 0 Å². The molecule has 0 amide bonds. The fourth-order valence-electron chi connectivity index (χ4n) is 3.35. The zero-order valence-electron chi connectivity index (χ0n) is 16.4. The molecule has 0 saturated heterocycles. The van der Waals surface area contributed by atoms with E-state index in [0.717, 1.165) is 43.3 Å². The van der Waals surface area contributed by atoms with Crippen molar-refractivity contribution in [3.8, 4) is 16.3 Å². The van der Waals surface area contributed by atoms with Crippen LogP contribution in [0.15, 0.2) is 54.9 Å². The Kier molecular flexibility index (Phi) is 4.55. The second kappa shape index (κ2) is 7.38. The lowest BCUT2D eigenvalue weighted by Gasteiger charge is -2.08. The largest absolute Gasteiger partial charge is 0.497 e.